The molecule has 4 aromatic rings. The van der Waals surface area contributed by atoms with Crippen LogP contribution in [0.4, 0.5) is 17.1 Å². The van der Waals surface area contributed by atoms with Crippen molar-refractivity contribution in [2.45, 2.75) is 4.90 Å². The van der Waals surface area contributed by atoms with E-state index in [1.54, 1.807) is 12.1 Å². The van der Waals surface area contributed by atoms with E-state index >= 15 is 0 Å². The molecule has 34 heavy (non-hydrogen) atoms. The smallest absolute Gasteiger partial charge is 0.294 e. The number of rotatable bonds is 6. The van der Waals surface area contributed by atoms with E-state index in [0.717, 1.165) is 23.0 Å². The molecule has 0 atom stereocenters. The molecule has 0 radical (unpaired) electrons. The molecule has 2 aromatic carbocycles. The number of nitrogens with one attached hydrogen (secondary N) is 1. The Morgan fingerprint density at radius 3 is 2.50 bits per heavy atom. The number of morpholine rings is 1. The molecule has 0 aliphatic carbocycles. The average Bonchev–Trinajstić information content (AvgIpc) is 3.29. The first-order valence-corrected chi connectivity index (χ1v) is 12.0. The molecular weight excluding hydrogens is 458 g/mol. The fourth-order valence-corrected chi connectivity index (χ4v) is 5.25. The Labute approximate surface area is 195 Å². The molecular formula is C23H21N5O5S. The van der Waals surface area contributed by atoms with Crippen molar-refractivity contribution >= 4 is 32.7 Å². The number of hydrogen-bond acceptors (Lipinski definition) is 7. The zero-order valence-electron chi connectivity index (χ0n) is 18.0. The fourth-order valence-electron chi connectivity index (χ4n) is 3.82. The Bertz CT molecular complexity index is 1430. The van der Waals surface area contributed by atoms with Crippen LogP contribution in [0.1, 0.15) is 0 Å². The summed E-state index contributed by atoms with van der Waals surface area (Å²) in [5.41, 5.74) is 3.05. The van der Waals surface area contributed by atoms with Crippen molar-refractivity contribution in [3.63, 3.8) is 0 Å². The Hall–Kier alpha value is -3.80. The predicted molar refractivity (Wildman–Crippen MR) is 127 cm³/mol. The lowest BCUT2D eigenvalue weighted by Gasteiger charge is -2.26. The highest BCUT2D eigenvalue weighted by Crippen LogP contribution is 2.32. The minimum atomic E-state index is -3.84. The Balaban J connectivity index is 1.40. The van der Waals surface area contributed by atoms with E-state index in [2.05, 4.69) is 10.3 Å². The topological polar surface area (TPSA) is 119 Å². The second-order valence-electron chi connectivity index (χ2n) is 7.75. The lowest BCUT2D eigenvalue weighted by atomic mass is 10.1. The number of benzene rings is 2. The molecule has 11 heteroatoms. The Morgan fingerprint density at radius 2 is 1.79 bits per heavy atom. The Kier molecular flexibility index (Phi) is 5.74. The lowest BCUT2D eigenvalue weighted by molar-refractivity contribution is -0.384. The lowest BCUT2D eigenvalue weighted by Crippen LogP contribution is -2.40. The van der Waals surface area contributed by atoms with E-state index in [1.807, 2.05) is 47.1 Å². The van der Waals surface area contributed by atoms with Crippen LogP contribution in [-0.2, 0) is 14.8 Å². The maximum Gasteiger partial charge on any atom is 0.294 e. The van der Waals surface area contributed by atoms with Gasteiger partial charge >= 0.3 is 0 Å². The summed E-state index contributed by atoms with van der Waals surface area (Å²) in [5, 5.41) is 14.7. The quantitative estimate of drug-likeness (QED) is 0.331. The SMILES string of the molecule is O=[N+]([O-])c1cc(S(=O)(=O)N2CCOCC2)ccc1Nc1ccc(-c2cn3ccccc3n2)cc1. The van der Waals surface area contributed by atoms with Gasteiger partial charge in [-0.2, -0.15) is 4.31 Å². The van der Waals surface area contributed by atoms with E-state index < -0.39 is 14.9 Å². The number of nitro benzene ring substituents is 1. The molecule has 1 saturated heterocycles. The number of hydrogen-bond donors (Lipinski definition) is 1. The van der Waals surface area contributed by atoms with Crippen LogP contribution in [0.2, 0.25) is 0 Å². The summed E-state index contributed by atoms with van der Waals surface area (Å²) in [6.07, 6.45) is 3.85. The van der Waals surface area contributed by atoms with Crippen LogP contribution in [0, 0.1) is 10.1 Å². The second-order valence-corrected chi connectivity index (χ2v) is 9.69. The molecule has 2 aromatic heterocycles. The first kappa shape index (κ1) is 22.0. The highest BCUT2D eigenvalue weighted by atomic mass is 32.2. The summed E-state index contributed by atoms with van der Waals surface area (Å²) in [7, 11) is -3.84. The zero-order valence-corrected chi connectivity index (χ0v) is 18.8. The first-order valence-electron chi connectivity index (χ1n) is 10.6. The van der Waals surface area contributed by atoms with Crippen molar-refractivity contribution in [3.8, 4) is 11.3 Å². The maximum absolute atomic E-state index is 12.9. The maximum atomic E-state index is 12.9. The van der Waals surface area contributed by atoms with E-state index in [9.17, 15) is 18.5 Å². The number of ether oxygens (including phenoxy) is 1. The van der Waals surface area contributed by atoms with Crippen molar-refractivity contribution in [3.05, 3.63) is 83.2 Å². The van der Waals surface area contributed by atoms with Crippen molar-refractivity contribution in [1.82, 2.24) is 13.7 Å². The van der Waals surface area contributed by atoms with Gasteiger partial charge in [0.1, 0.15) is 11.3 Å². The number of pyridine rings is 1. The molecule has 1 N–H and O–H groups in total. The molecule has 174 valence electrons. The van der Waals surface area contributed by atoms with Crippen LogP contribution < -0.4 is 5.32 Å². The molecule has 5 rings (SSSR count). The largest absolute Gasteiger partial charge is 0.379 e. The normalized spacial score (nSPS) is 14.8. The monoisotopic (exact) mass is 479 g/mol. The van der Waals surface area contributed by atoms with Gasteiger partial charge in [-0.05, 0) is 36.4 Å². The van der Waals surface area contributed by atoms with Gasteiger partial charge in [0.25, 0.3) is 5.69 Å². The minimum absolute atomic E-state index is 0.117. The second kappa shape index (κ2) is 8.86. The van der Waals surface area contributed by atoms with Gasteiger partial charge < -0.3 is 14.5 Å². The summed E-state index contributed by atoms with van der Waals surface area (Å²) in [5.74, 6) is 0. The number of sulfonamides is 1. The first-order chi connectivity index (χ1) is 16.4. The van der Waals surface area contributed by atoms with Crippen LogP contribution in [-0.4, -0.2) is 53.3 Å². The van der Waals surface area contributed by atoms with Gasteiger partial charge in [0.2, 0.25) is 10.0 Å². The molecule has 1 aliphatic rings. The van der Waals surface area contributed by atoms with Crippen LogP contribution in [0.15, 0.2) is 78.0 Å². The number of aromatic nitrogens is 2. The minimum Gasteiger partial charge on any atom is -0.379 e. The van der Waals surface area contributed by atoms with Gasteiger partial charge in [-0.25, -0.2) is 13.4 Å². The van der Waals surface area contributed by atoms with Gasteiger partial charge in [-0.3, -0.25) is 10.1 Å². The van der Waals surface area contributed by atoms with E-state index in [4.69, 9.17) is 4.74 Å². The number of nitrogens with zero attached hydrogens (tertiary/aromatic N) is 4. The highest BCUT2D eigenvalue weighted by Gasteiger charge is 2.29. The van der Waals surface area contributed by atoms with E-state index in [1.165, 1.54) is 16.4 Å². The van der Waals surface area contributed by atoms with E-state index in [0.29, 0.717) is 18.9 Å². The molecule has 0 saturated carbocycles. The van der Waals surface area contributed by atoms with Crippen LogP contribution in [0.25, 0.3) is 16.9 Å². The highest BCUT2D eigenvalue weighted by molar-refractivity contribution is 7.89. The van der Waals surface area contributed by atoms with Crippen molar-refractivity contribution in [1.29, 1.82) is 0 Å². The fraction of sp³-hybridized carbons (Fsp3) is 0.174. The Morgan fingerprint density at radius 1 is 1.03 bits per heavy atom. The molecule has 1 aliphatic heterocycles. The molecule has 0 spiro atoms. The molecule has 0 unspecified atom stereocenters. The van der Waals surface area contributed by atoms with Gasteiger partial charge in [0.15, 0.2) is 0 Å². The predicted octanol–water partition coefficient (Wildman–Crippen LogP) is 3.67. The van der Waals surface area contributed by atoms with Crippen molar-refractivity contribution < 1.29 is 18.1 Å². The number of nitro groups is 1. The standard InChI is InChI=1S/C23H21N5O5S/c29-28(30)22-15-19(34(31,32)27-11-13-33-14-12-27)8-9-20(22)24-18-6-4-17(5-7-18)21-16-26-10-2-1-3-23(26)25-21/h1-10,15-16,24H,11-14H2. The van der Waals surface area contributed by atoms with Gasteiger partial charge in [0, 0.05) is 42.8 Å². The van der Waals surface area contributed by atoms with Crippen molar-refractivity contribution in [2.24, 2.45) is 0 Å². The van der Waals surface area contributed by atoms with Crippen LogP contribution in [0.3, 0.4) is 0 Å². The van der Waals surface area contributed by atoms with Crippen LogP contribution >= 0.6 is 0 Å². The molecule has 1 fully saturated rings. The summed E-state index contributed by atoms with van der Waals surface area (Å²) in [4.78, 5) is 15.6. The summed E-state index contributed by atoms with van der Waals surface area (Å²) in [6, 6.07) is 17.0. The van der Waals surface area contributed by atoms with E-state index in [-0.39, 0.29) is 29.4 Å². The summed E-state index contributed by atoms with van der Waals surface area (Å²) in [6.45, 7) is 1.03. The average molecular weight is 480 g/mol. The number of fused-ring (bicyclic) bond motifs is 1. The molecule has 0 bridgehead atoms. The zero-order chi connectivity index (χ0) is 23.7. The van der Waals surface area contributed by atoms with Crippen molar-refractivity contribution in [2.75, 3.05) is 31.6 Å². The molecule has 0 amide bonds. The number of anilines is 2. The summed E-state index contributed by atoms with van der Waals surface area (Å²) < 4.78 is 34.2. The van der Waals surface area contributed by atoms with Gasteiger partial charge in [-0.1, -0.05) is 18.2 Å². The van der Waals surface area contributed by atoms with Crippen LogP contribution in [0.5, 0.6) is 0 Å². The third kappa shape index (κ3) is 4.23. The molecule has 10 nitrogen and oxygen atoms in total. The number of imidazole rings is 1. The third-order valence-corrected chi connectivity index (χ3v) is 7.49. The van der Waals surface area contributed by atoms with Gasteiger partial charge in [-0.15, -0.1) is 0 Å². The molecule has 3 heterocycles. The summed E-state index contributed by atoms with van der Waals surface area (Å²) >= 11 is 0. The third-order valence-electron chi connectivity index (χ3n) is 5.60. The van der Waals surface area contributed by atoms with Gasteiger partial charge in [0.05, 0.1) is 28.7 Å².